The van der Waals surface area contributed by atoms with Gasteiger partial charge in [-0.3, -0.25) is 0 Å². The van der Waals surface area contributed by atoms with Crippen molar-refractivity contribution in [1.29, 1.82) is 0 Å². The van der Waals surface area contributed by atoms with Gasteiger partial charge in [-0.15, -0.1) is 13.2 Å². The lowest BCUT2D eigenvalue weighted by molar-refractivity contribution is -0.274. The minimum absolute atomic E-state index is 0.246. The highest BCUT2D eigenvalue weighted by Gasteiger charge is 2.30. The second-order valence-electron chi connectivity index (χ2n) is 4.04. The first kappa shape index (κ1) is 14.7. The minimum atomic E-state index is -4.69. The van der Waals surface area contributed by atoms with Crippen LogP contribution >= 0.6 is 11.6 Å². The van der Waals surface area contributed by atoms with Crippen LogP contribution in [-0.2, 0) is 6.54 Å². The van der Waals surface area contributed by atoms with Crippen molar-refractivity contribution in [2.75, 3.05) is 0 Å². The van der Waals surface area contributed by atoms with Crippen molar-refractivity contribution in [1.82, 2.24) is 0 Å². The van der Waals surface area contributed by atoms with Gasteiger partial charge in [0, 0.05) is 11.6 Å². The van der Waals surface area contributed by atoms with E-state index in [0.717, 1.165) is 16.7 Å². The molecule has 0 atom stereocenters. The first-order valence-electron chi connectivity index (χ1n) is 5.74. The molecule has 0 aliphatic heterocycles. The average Bonchev–Trinajstić information content (AvgIpc) is 2.37. The Morgan fingerprint density at radius 1 is 1.05 bits per heavy atom. The first-order chi connectivity index (χ1) is 9.40. The Morgan fingerprint density at radius 3 is 2.25 bits per heavy atom. The van der Waals surface area contributed by atoms with Crippen molar-refractivity contribution in [3.8, 4) is 16.9 Å². The molecule has 0 radical (unpaired) electrons. The van der Waals surface area contributed by atoms with E-state index in [1.165, 1.54) is 24.3 Å². The van der Waals surface area contributed by atoms with E-state index in [4.69, 9.17) is 17.3 Å². The van der Waals surface area contributed by atoms with E-state index < -0.39 is 6.36 Å². The Hall–Kier alpha value is -1.72. The lowest BCUT2D eigenvalue weighted by Crippen LogP contribution is -2.16. The Labute approximate surface area is 118 Å². The van der Waals surface area contributed by atoms with Gasteiger partial charge in [-0.2, -0.15) is 0 Å². The maximum atomic E-state index is 12.1. The molecular weight excluding hydrogens is 291 g/mol. The maximum absolute atomic E-state index is 12.1. The lowest BCUT2D eigenvalue weighted by atomic mass is 9.99. The van der Waals surface area contributed by atoms with Crippen molar-refractivity contribution in [3.63, 3.8) is 0 Å². The van der Waals surface area contributed by atoms with Crippen molar-refractivity contribution in [3.05, 3.63) is 53.1 Å². The number of hydrogen-bond donors (Lipinski definition) is 1. The van der Waals surface area contributed by atoms with Crippen LogP contribution in [0.25, 0.3) is 11.1 Å². The average molecular weight is 302 g/mol. The molecule has 0 heterocycles. The van der Waals surface area contributed by atoms with E-state index in [0.29, 0.717) is 5.02 Å². The molecule has 20 heavy (non-hydrogen) atoms. The van der Waals surface area contributed by atoms with Crippen LogP contribution in [0.2, 0.25) is 5.02 Å². The zero-order valence-electron chi connectivity index (χ0n) is 10.2. The van der Waals surface area contributed by atoms with Crippen molar-refractivity contribution in [2.24, 2.45) is 5.73 Å². The summed E-state index contributed by atoms with van der Waals surface area (Å²) in [5.41, 5.74) is 7.91. The quantitative estimate of drug-likeness (QED) is 0.914. The summed E-state index contributed by atoms with van der Waals surface area (Å²) in [6.45, 7) is 0.246. The highest BCUT2D eigenvalue weighted by atomic mass is 35.5. The van der Waals surface area contributed by atoms with Crippen LogP contribution in [0.15, 0.2) is 42.5 Å². The molecule has 2 nitrogen and oxygen atoms in total. The number of halogens is 4. The van der Waals surface area contributed by atoms with Gasteiger partial charge in [0.15, 0.2) is 0 Å². The largest absolute Gasteiger partial charge is 0.573 e. The molecule has 0 aromatic heterocycles. The summed E-state index contributed by atoms with van der Waals surface area (Å²) in [5.74, 6) is -0.266. The molecule has 2 rings (SSSR count). The van der Waals surface area contributed by atoms with Crippen molar-refractivity contribution in [2.45, 2.75) is 12.9 Å². The SMILES string of the molecule is NCc1c(Cl)cccc1-c1ccc(OC(F)(F)F)cc1. The number of rotatable bonds is 3. The van der Waals surface area contributed by atoms with Gasteiger partial charge in [0.25, 0.3) is 0 Å². The van der Waals surface area contributed by atoms with Crippen LogP contribution in [0, 0.1) is 0 Å². The second kappa shape index (κ2) is 5.73. The van der Waals surface area contributed by atoms with E-state index in [9.17, 15) is 13.2 Å². The Balaban J connectivity index is 2.33. The van der Waals surface area contributed by atoms with Gasteiger partial charge in [-0.1, -0.05) is 35.9 Å². The molecule has 0 saturated carbocycles. The summed E-state index contributed by atoms with van der Waals surface area (Å²) in [7, 11) is 0. The molecule has 0 bridgehead atoms. The third kappa shape index (κ3) is 3.43. The molecule has 2 aromatic rings. The summed E-state index contributed by atoms with van der Waals surface area (Å²) in [5, 5.41) is 0.528. The molecule has 0 spiro atoms. The zero-order valence-corrected chi connectivity index (χ0v) is 11.0. The van der Waals surface area contributed by atoms with Crippen molar-refractivity contribution >= 4 is 11.6 Å². The number of ether oxygens (including phenoxy) is 1. The molecule has 2 aromatic carbocycles. The van der Waals surface area contributed by atoms with Crippen LogP contribution in [0.3, 0.4) is 0 Å². The summed E-state index contributed by atoms with van der Waals surface area (Å²) in [6, 6.07) is 10.9. The summed E-state index contributed by atoms with van der Waals surface area (Å²) in [4.78, 5) is 0. The number of benzene rings is 2. The number of nitrogens with two attached hydrogens (primary N) is 1. The molecule has 0 amide bonds. The number of alkyl halides is 3. The van der Waals surface area contributed by atoms with Gasteiger partial charge in [0.2, 0.25) is 0 Å². The second-order valence-corrected chi connectivity index (χ2v) is 4.45. The summed E-state index contributed by atoms with van der Waals surface area (Å²) in [6.07, 6.45) is -4.69. The summed E-state index contributed by atoms with van der Waals surface area (Å²) < 4.78 is 40.1. The van der Waals surface area contributed by atoms with Gasteiger partial charge >= 0.3 is 6.36 Å². The zero-order chi connectivity index (χ0) is 14.8. The Bertz CT molecular complexity index is 596. The highest BCUT2D eigenvalue weighted by molar-refractivity contribution is 6.31. The van der Waals surface area contributed by atoms with E-state index in [-0.39, 0.29) is 12.3 Å². The molecule has 0 unspecified atom stereocenters. The highest BCUT2D eigenvalue weighted by Crippen LogP contribution is 2.31. The van der Waals surface area contributed by atoms with Gasteiger partial charge in [0.05, 0.1) is 0 Å². The van der Waals surface area contributed by atoms with Gasteiger partial charge < -0.3 is 10.5 Å². The fraction of sp³-hybridized carbons (Fsp3) is 0.143. The molecular formula is C14H11ClF3NO. The lowest BCUT2D eigenvalue weighted by Gasteiger charge is -2.12. The third-order valence-electron chi connectivity index (χ3n) is 2.72. The first-order valence-corrected chi connectivity index (χ1v) is 6.12. The molecule has 0 aliphatic carbocycles. The van der Waals surface area contributed by atoms with Crippen LogP contribution < -0.4 is 10.5 Å². The fourth-order valence-corrected chi connectivity index (χ4v) is 2.12. The van der Waals surface area contributed by atoms with Gasteiger partial charge in [-0.05, 0) is 34.9 Å². The maximum Gasteiger partial charge on any atom is 0.573 e. The monoisotopic (exact) mass is 301 g/mol. The fourth-order valence-electron chi connectivity index (χ4n) is 1.87. The predicted molar refractivity (Wildman–Crippen MR) is 71.5 cm³/mol. The normalized spacial score (nSPS) is 11.4. The number of hydrogen-bond acceptors (Lipinski definition) is 2. The van der Waals surface area contributed by atoms with E-state index in [1.54, 1.807) is 12.1 Å². The van der Waals surface area contributed by atoms with Gasteiger partial charge in [-0.25, -0.2) is 0 Å². The molecule has 2 N–H and O–H groups in total. The molecule has 106 valence electrons. The predicted octanol–water partition coefficient (Wildman–Crippen LogP) is 4.36. The van der Waals surface area contributed by atoms with E-state index in [1.807, 2.05) is 6.07 Å². The molecule has 0 fully saturated rings. The van der Waals surface area contributed by atoms with Crippen LogP contribution in [-0.4, -0.2) is 6.36 Å². The molecule has 0 saturated heterocycles. The smallest absolute Gasteiger partial charge is 0.406 e. The van der Waals surface area contributed by atoms with Crippen LogP contribution in [0.5, 0.6) is 5.75 Å². The van der Waals surface area contributed by atoms with Gasteiger partial charge in [0.1, 0.15) is 5.75 Å². The molecule has 0 aliphatic rings. The minimum Gasteiger partial charge on any atom is -0.406 e. The third-order valence-corrected chi connectivity index (χ3v) is 3.08. The molecule has 6 heteroatoms. The topological polar surface area (TPSA) is 35.2 Å². The van der Waals surface area contributed by atoms with Crippen molar-refractivity contribution < 1.29 is 17.9 Å². The van der Waals surface area contributed by atoms with Crippen LogP contribution in [0.1, 0.15) is 5.56 Å². The standard InChI is InChI=1S/C14H11ClF3NO/c15-13-3-1-2-11(12(13)8-19)9-4-6-10(7-5-9)20-14(16,17)18/h1-7H,8,19H2. The van der Waals surface area contributed by atoms with E-state index in [2.05, 4.69) is 4.74 Å². The Morgan fingerprint density at radius 2 is 1.70 bits per heavy atom. The van der Waals surface area contributed by atoms with E-state index >= 15 is 0 Å². The summed E-state index contributed by atoms with van der Waals surface area (Å²) >= 11 is 6.04. The Kier molecular flexibility index (Phi) is 4.20. The van der Waals surface area contributed by atoms with Crippen LogP contribution in [0.4, 0.5) is 13.2 Å².